The summed E-state index contributed by atoms with van der Waals surface area (Å²) < 4.78 is 32.4. The van der Waals surface area contributed by atoms with Crippen LogP contribution in [0.1, 0.15) is 49.8 Å². The molecule has 2 unspecified atom stereocenters. The number of pyridine rings is 1. The Morgan fingerprint density at radius 1 is 1.29 bits per heavy atom. The third-order valence-corrected chi connectivity index (χ3v) is 6.84. The van der Waals surface area contributed by atoms with Crippen molar-refractivity contribution in [1.82, 2.24) is 9.29 Å². The smallest absolute Gasteiger partial charge is 0.216 e. The summed E-state index contributed by atoms with van der Waals surface area (Å²) in [5.41, 5.74) is 1.49. The van der Waals surface area contributed by atoms with E-state index in [0.29, 0.717) is 18.7 Å². The third kappa shape index (κ3) is 3.94. The highest BCUT2D eigenvalue weighted by atomic mass is 32.2. The molecule has 1 aromatic rings. The molecule has 0 N–H and O–H groups in total. The minimum absolute atomic E-state index is 0.0944. The Kier molecular flexibility index (Phi) is 5.18. The number of rotatable bonds is 4. The first-order valence-corrected chi connectivity index (χ1v) is 10.1. The summed E-state index contributed by atoms with van der Waals surface area (Å²) >= 11 is 0. The number of ether oxygens (including phenoxy) is 1. The largest absolute Gasteiger partial charge is 0.374 e. The molecule has 0 bridgehead atoms. The second-order valence-corrected chi connectivity index (χ2v) is 8.70. The lowest BCUT2D eigenvalue weighted by atomic mass is 9.94. The first-order valence-electron chi connectivity index (χ1n) is 8.47. The zero-order chi connectivity index (χ0) is 17.2. The van der Waals surface area contributed by atoms with E-state index in [9.17, 15) is 8.42 Å². The molecule has 2 aliphatic heterocycles. The van der Waals surface area contributed by atoms with Gasteiger partial charge in [0.2, 0.25) is 10.0 Å². The van der Waals surface area contributed by atoms with Crippen LogP contribution in [0.3, 0.4) is 0 Å². The summed E-state index contributed by atoms with van der Waals surface area (Å²) in [4.78, 5) is 4.34. The Bertz CT molecular complexity index is 704. The number of hydrogen-bond acceptors (Lipinski definition) is 5. The molecular formula is C17H23N3O3S. The predicted molar refractivity (Wildman–Crippen MR) is 89.9 cm³/mol. The molecule has 2 aliphatic rings. The van der Waals surface area contributed by atoms with E-state index in [1.807, 2.05) is 13.0 Å². The maximum atomic E-state index is 12.6. The third-order valence-electron chi connectivity index (χ3n) is 4.90. The molecule has 130 valence electrons. The van der Waals surface area contributed by atoms with Crippen LogP contribution in [0, 0.1) is 11.3 Å². The van der Waals surface area contributed by atoms with E-state index in [2.05, 4.69) is 11.1 Å². The lowest BCUT2D eigenvalue weighted by Gasteiger charge is -2.31. The summed E-state index contributed by atoms with van der Waals surface area (Å²) in [5.74, 6) is 0.351. The van der Waals surface area contributed by atoms with Gasteiger partial charge >= 0.3 is 0 Å². The average Bonchev–Trinajstić information content (AvgIpc) is 2.99. The quantitative estimate of drug-likeness (QED) is 0.830. The summed E-state index contributed by atoms with van der Waals surface area (Å²) in [6.07, 6.45) is 4.87. The minimum atomic E-state index is -3.26. The van der Waals surface area contributed by atoms with Gasteiger partial charge < -0.3 is 4.74 Å². The second kappa shape index (κ2) is 7.18. The predicted octanol–water partition coefficient (Wildman–Crippen LogP) is 2.03. The zero-order valence-electron chi connectivity index (χ0n) is 13.9. The summed E-state index contributed by atoms with van der Waals surface area (Å²) in [6.45, 7) is 3.04. The molecule has 0 saturated carbocycles. The van der Waals surface area contributed by atoms with Crippen molar-refractivity contribution in [2.45, 2.75) is 50.7 Å². The van der Waals surface area contributed by atoms with Crippen LogP contribution in [0.5, 0.6) is 0 Å². The SMILES string of the molecule is CC1CCC(CS(=O)(=O)N2CCC(c3ccc(C#N)cn3)CC2)O1. The molecule has 7 heteroatoms. The van der Waals surface area contributed by atoms with Crippen molar-refractivity contribution in [2.75, 3.05) is 18.8 Å². The Morgan fingerprint density at radius 3 is 2.58 bits per heavy atom. The van der Waals surface area contributed by atoms with Gasteiger partial charge in [-0.05, 0) is 44.7 Å². The number of piperidine rings is 1. The van der Waals surface area contributed by atoms with Gasteiger partial charge in [0, 0.05) is 30.9 Å². The van der Waals surface area contributed by atoms with E-state index < -0.39 is 10.0 Å². The van der Waals surface area contributed by atoms with Crippen LogP contribution in [0.25, 0.3) is 0 Å². The molecule has 3 heterocycles. The van der Waals surface area contributed by atoms with E-state index in [1.54, 1.807) is 16.6 Å². The Balaban J connectivity index is 1.56. The summed E-state index contributed by atoms with van der Waals surface area (Å²) in [6, 6.07) is 5.70. The minimum Gasteiger partial charge on any atom is -0.374 e. The molecule has 0 spiro atoms. The Labute approximate surface area is 143 Å². The molecule has 24 heavy (non-hydrogen) atoms. The molecule has 3 rings (SSSR count). The van der Waals surface area contributed by atoms with Crippen LogP contribution < -0.4 is 0 Å². The number of nitriles is 1. The lowest BCUT2D eigenvalue weighted by molar-refractivity contribution is 0.0682. The van der Waals surface area contributed by atoms with Crippen LogP contribution in [-0.4, -0.2) is 48.8 Å². The fraction of sp³-hybridized carbons (Fsp3) is 0.647. The van der Waals surface area contributed by atoms with E-state index in [-0.39, 0.29) is 23.9 Å². The standard InChI is InChI=1S/C17H23N3O3S/c1-13-2-4-16(23-13)12-24(21,22)20-8-6-15(7-9-20)17-5-3-14(10-18)11-19-17/h3,5,11,13,15-16H,2,4,6-9,12H2,1H3. The van der Waals surface area contributed by atoms with Crippen molar-refractivity contribution in [3.05, 3.63) is 29.6 Å². The normalized spacial score (nSPS) is 26.3. The Morgan fingerprint density at radius 2 is 2.04 bits per heavy atom. The van der Waals surface area contributed by atoms with Gasteiger partial charge in [0.25, 0.3) is 0 Å². The van der Waals surface area contributed by atoms with Gasteiger partial charge in [-0.25, -0.2) is 12.7 Å². The molecule has 0 aromatic carbocycles. The van der Waals surface area contributed by atoms with Crippen molar-refractivity contribution < 1.29 is 13.2 Å². The molecule has 2 saturated heterocycles. The van der Waals surface area contributed by atoms with E-state index in [4.69, 9.17) is 10.00 Å². The molecule has 6 nitrogen and oxygen atoms in total. The van der Waals surface area contributed by atoms with Crippen molar-refractivity contribution in [3.63, 3.8) is 0 Å². The van der Waals surface area contributed by atoms with Gasteiger partial charge in [0.05, 0.1) is 23.5 Å². The lowest BCUT2D eigenvalue weighted by Crippen LogP contribution is -2.41. The van der Waals surface area contributed by atoms with E-state index >= 15 is 0 Å². The number of hydrogen-bond donors (Lipinski definition) is 0. The molecule has 0 radical (unpaired) electrons. The highest BCUT2D eigenvalue weighted by Gasteiger charge is 2.33. The highest BCUT2D eigenvalue weighted by molar-refractivity contribution is 7.89. The van der Waals surface area contributed by atoms with Crippen LogP contribution in [0.15, 0.2) is 18.3 Å². The van der Waals surface area contributed by atoms with Crippen LogP contribution >= 0.6 is 0 Å². The molecule has 2 atom stereocenters. The molecular weight excluding hydrogens is 326 g/mol. The van der Waals surface area contributed by atoms with E-state index in [1.165, 1.54) is 0 Å². The van der Waals surface area contributed by atoms with Gasteiger partial charge in [-0.3, -0.25) is 4.98 Å². The zero-order valence-corrected chi connectivity index (χ0v) is 14.7. The van der Waals surface area contributed by atoms with Crippen LogP contribution in [-0.2, 0) is 14.8 Å². The fourth-order valence-corrected chi connectivity index (χ4v) is 5.18. The molecule has 0 aliphatic carbocycles. The first kappa shape index (κ1) is 17.3. The number of aromatic nitrogens is 1. The van der Waals surface area contributed by atoms with Gasteiger partial charge in [-0.2, -0.15) is 5.26 Å². The van der Waals surface area contributed by atoms with Gasteiger partial charge in [0.1, 0.15) is 6.07 Å². The molecule has 0 amide bonds. The topological polar surface area (TPSA) is 83.3 Å². The van der Waals surface area contributed by atoms with E-state index in [0.717, 1.165) is 31.4 Å². The Hall–Kier alpha value is -1.49. The maximum Gasteiger partial charge on any atom is 0.216 e. The van der Waals surface area contributed by atoms with Crippen LogP contribution in [0.2, 0.25) is 0 Å². The summed E-state index contributed by atoms with van der Waals surface area (Å²) in [5, 5.41) is 8.82. The van der Waals surface area contributed by atoms with Gasteiger partial charge in [-0.15, -0.1) is 0 Å². The average molecular weight is 349 g/mol. The van der Waals surface area contributed by atoms with Crippen molar-refractivity contribution in [2.24, 2.45) is 0 Å². The first-order chi connectivity index (χ1) is 11.5. The monoisotopic (exact) mass is 349 g/mol. The van der Waals surface area contributed by atoms with Crippen LogP contribution in [0.4, 0.5) is 0 Å². The van der Waals surface area contributed by atoms with Gasteiger partial charge in [-0.1, -0.05) is 0 Å². The summed E-state index contributed by atoms with van der Waals surface area (Å²) in [7, 11) is -3.26. The van der Waals surface area contributed by atoms with Crippen molar-refractivity contribution >= 4 is 10.0 Å². The second-order valence-electron chi connectivity index (χ2n) is 6.68. The fourth-order valence-electron chi connectivity index (χ4n) is 3.49. The number of nitrogens with zero attached hydrogens (tertiary/aromatic N) is 3. The maximum absolute atomic E-state index is 12.6. The van der Waals surface area contributed by atoms with Crippen molar-refractivity contribution in [3.8, 4) is 6.07 Å². The highest BCUT2D eigenvalue weighted by Crippen LogP contribution is 2.29. The number of sulfonamides is 1. The molecule has 1 aromatic heterocycles. The molecule has 2 fully saturated rings. The van der Waals surface area contributed by atoms with Crippen molar-refractivity contribution in [1.29, 1.82) is 5.26 Å². The van der Waals surface area contributed by atoms with Gasteiger partial charge in [0.15, 0.2) is 0 Å².